The minimum atomic E-state index is 0.166. The highest BCUT2D eigenvalue weighted by atomic mass is 16.5. The van der Waals surface area contributed by atoms with Crippen LogP contribution in [0.15, 0.2) is 18.2 Å². The Morgan fingerprint density at radius 3 is 2.75 bits per heavy atom. The minimum Gasteiger partial charge on any atom is -0.504 e. The summed E-state index contributed by atoms with van der Waals surface area (Å²) in [6.45, 7) is 1.61. The van der Waals surface area contributed by atoms with E-state index in [4.69, 9.17) is 9.47 Å². The van der Waals surface area contributed by atoms with Crippen LogP contribution in [0, 0.1) is 0 Å². The van der Waals surface area contributed by atoms with Gasteiger partial charge in [-0.3, -0.25) is 0 Å². The third kappa shape index (κ3) is 2.58. The molecular weight excluding hydrogens is 206 g/mol. The quantitative estimate of drug-likeness (QED) is 0.822. The van der Waals surface area contributed by atoms with Gasteiger partial charge in [-0.05, 0) is 25.0 Å². The molecule has 1 aromatic carbocycles. The van der Waals surface area contributed by atoms with Gasteiger partial charge in [0.25, 0.3) is 0 Å². The third-order valence-electron chi connectivity index (χ3n) is 2.77. The smallest absolute Gasteiger partial charge is 0.160 e. The lowest BCUT2D eigenvalue weighted by molar-refractivity contribution is 0.0904. The Morgan fingerprint density at radius 1 is 1.38 bits per heavy atom. The van der Waals surface area contributed by atoms with E-state index in [2.05, 4.69) is 5.32 Å². The van der Waals surface area contributed by atoms with Crippen molar-refractivity contribution >= 4 is 5.69 Å². The Kier molecular flexibility index (Phi) is 3.51. The van der Waals surface area contributed by atoms with Gasteiger partial charge in [-0.1, -0.05) is 0 Å². The van der Waals surface area contributed by atoms with Gasteiger partial charge in [-0.25, -0.2) is 0 Å². The molecule has 0 aliphatic carbocycles. The highest BCUT2D eigenvalue weighted by molar-refractivity contribution is 5.54. The van der Waals surface area contributed by atoms with E-state index < -0.39 is 0 Å². The number of anilines is 1. The van der Waals surface area contributed by atoms with Gasteiger partial charge in [0.2, 0.25) is 0 Å². The van der Waals surface area contributed by atoms with Crippen molar-refractivity contribution < 1.29 is 14.6 Å². The number of phenols is 1. The predicted octanol–water partition coefficient (Wildman–Crippen LogP) is 1.99. The standard InChI is InChI=1S/C12H17NO3/c1-15-12-3-2-10(8-11(12)14)13-9-4-6-16-7-5-9/h2-3,8-9,13-14H,4-7H2,1H3. The number of ether oxygens (including phenoxy) is 2. The average Bonchev–Trinajstić information content (AvgIpc) is 2.31. The van der Waals surface area contributed by atoms with Crippen molar-refractivity contribution in [2.24, 2.45) is 0 Å². The zero-order valence-electron chi connectivity index (χ0n) is 9.40. The number of hydrogen-bond donors (Lipinski definition) is 2. The van der Waals surface area contributed by atoms with E-state index in [1.165, 1.54) is 0 Å². The topological polar surface area (TPSA) is 50.7 Å². The molecule has 0 unspecified atom stereocenters. The van der Waals surface area contributed by atoms with Crippen LogP contribution in [0.25, 0.3) is 0 Å². The summed E-state index contributed by atoms with van der Waals surface area (Å²) in [5, 5.41) is 13.0. The summed E-state index contributed by atoms with van der Waals surface area (Å²) in [5.41, 5.74) is 0.921. The SMILES string of the molecule is COc1ccc(NC2CCOCC2)cc1O. The number of aromatic hydroxyl groups is 1. The summed E-state index contributed by atoms with van der Waals surface area (Å²) < 4.78 is 10.3. The molecule has 1 aliphatic heterocycles. The highest BCUT2D eigenvalue weighted by Gasteiger charge is 2.13. The molecule has 4 nitrogen and oxygen atoms in total. The van der Waals surface area contributed by atoms with Crippen molar-refractivity contribution in [2.45, 2.75) is 18.9 Å². The van der Waals surface area contributed by atoms with Crippen LogP contribution in [0.1, 0.15) is 12.8 Å². The zero-order chi connectivity index (χ0) is 11.4. The van der Waals surface area contributed by atoms with Crippen molar-refractivity contribution in [1.82, 2.24) is 0 Å². The largest absolute Gasteiger partial charge is 0.504 e. The summed E-state index contributed by atoms with van der Waals surface area (Å²) in [5.74, 6) is 0.664. The Hall–Kier alpha value is -1.42. The van der Waals surface area contributed by atoms with Crippen molar-refractivity contribution in [3.05, 3.63) is 18.2 Å². The lowest BCUT2D eigenvalue weighted by Gasteiger charge is -2.24. The number of nitrogens with one attached hydrogen (secondary N) is 1. The van der Waals surface area contributed by atoms with Crippen LogP contribution >= 0.6 is 0 Å². The molecule has 88 valence electrons. The van der Waals surface area contributed by atoms with E-state index in [9.17, 15) is 5.11 Å². The molecule has 1 aromatic rings. The first-order valence-corrected chi connectivity index (χ1v) is 5.51. The molecule has 0 amide bonds. The molecule has 0 radical (unpaired) electrons. The number of benzene rings is 1. The highest BCUT2D eigenvalue weighted by Crippen LogP contribution is 2.29. The molecular formula is C12H17NO3. The molecule has 1 fully saturated rings. The van der Waals surface area contributed by atoms with Crippen LogP contribution in [0.2, 0.25) is 0 Å². The molecule has 1 aliphatic rings. The van der Waals surface area contributed by atoms with Gasteiger partial charge in [0.1, 0.15) is 0 Å². The maximum absolute atomic E-state index is 9.63. The second kappa shape index (κ2) is 5.07. The Labute approximate surface area is 95.2 Å². The molecule has 0 saturated carbocycles. The predicted molar refractivity (Wildman–Crippen MR) is 62.1 cm³/mol. The lowest BCUT2D eigenvalue weighted by atomic mass is 10.1. The van der Waals surface area contributed by atoms with E-state index in [0.29, 0.717) is 11.8 Å². The zero-order valence-corrected chi connectivity index (χ0v) is 9.40. The van der Waals surface area contributed by atoms with Gasteiger partial charge in [0, 0.05) is 31.0 Å². The summed E-state index contributed by atoms with van der Waals surface area (Å²) in [6, 6.07) is 5.79. The molecule has 4 heteroatoms. The maximum Gasteiger partial charge on any atom is 0.160 e. The fourth-order valence-corrected chi connectivity index (χ4v) is 1.86. The van der Waals surface area contributed by atoms with Crippen LogP contribution < -0.4 is 10.1 Å². The molecule has 0 bridgehead atoms. The van der Waals surface area contributed by atoms with Crippen LogP contribution in [-0.4, -0.2) is 31.5 Å². The van der Waals surface area contributed by atoms with Crippen molar-refractivity contribution in [2.75, 3.05) is 25.6 Å². The lowest BCUT2D eigenvalue weighted by Crippen LogP contribution is -2.27. The van der Waals surface area contributed by atoms with Crippen LogP contribution in [-0.2, 0) is 4.74 Å². The first-order valence-electron chi connectivity index (χ1n) is 5.51. The second-order valence-corrected chi connectivity index (χ2v) is 3.92. The van der Waals surface area contributed by atoms with E-state index in [-0.39, 0.29) is 5.75 Å². The molecule has 0 spiro atoms. The molecule has 2 rings (SSSR count). The molecule has 1 heterocycles. The van der Waals surface area contributed by atoms with Gasteiger partial charge >= 0.3 is 0 Å². The van der Waals surface area contributed by atoms with Gasteiger partial charge < -0.3 is 19.9 Å². The number of phenolic OH excluding ortho intramolecular Hbond substituents is 1. The fraction of sp³-hybridized carbons (Fsp3) is 0.500. The van der Waals surface area contributed by atoms with Gasteiger partial charge in [0.15, 0.2) is 11.5 Å². The monoisotopic (exact) mass is 223 g/mol. The molecule has 0 atom stereocenters. The second-order valence-electron chi connectivity index (χ2n) is 3.92. The first-order chi connectivity index (χ1) is 7.79. The number of hydrogen-bond acceptors (Lipinski definition) is 4. The average molecular weight is 223 g/mol. The molecule has 0 aromatic heterocycles. The third-order valence-corrected chi connectivity index (χ3v) is 2.77. The van der Waals surface area contributed by atoms with E-state index in [1.807, 2.05) is 6.07 Å². The molecule has 1 saturated heterocycles. The number of rotatable bonds is 3. The Morgan fingerprint density at radius 2 is 2.12 bits per heavy atom. The van der Waals surface area contributed by atoms with Crippen LogP contribution in [0.5, 0.6) is 11.5 Å². The molecule has 16 heavy (non-hydrogen) atoms. The van der Waals surface area contributed by atoms with Crippen LogP contribution in [0.3, 0.4) is 0 Å². The summed E-state index contributed by atoms with van der Waals surface area (Å²) in [4.78, 5) is 0. The van der Waals surface area contributed by atoms with Gasteiger partial charge in [0.05, 0.1) is 7.11 Å². The Balaban J connectivity index is 2.01. The van der Waals surface area contributed by atoms with Crippen molar-refractivity contribution in [1.29, 1.82) is 0 Å². The van der Waals surface area contributed by atoms with Crippen LogP contribution in [0.4, 0.5) is 5.69 Å². The minimum absolute atomic E-state index is 0.166. The van der Waals surface area contributed by atoms with Crippen molar-refractivity contribution in [3.8, 4) is 11.5 Å². The van der Waals surface area contributed by atoms with Gasteiger partial charge in [-0.15, -0.1) is 0 Å². The summed E-state index contributed by atoms with van der Waals surface area (Å²) >= 11 is 0. The normalized spacial score (nSPS) is 17.1. The van der Waals surface area contributed by atoms with E-state index in [1.54, 1.807) is 19.2 Å². The Bertz CT molecular complexity index is 348. The van der Waals surface area contributed by atoms with E-state index in [0.717, 1.165) is 31.7 Å². The van der Waals surface area contributed by atoms with Gasteiger partial charge in [-0.2, -0.15) is 0 Å². The number of methoxy groups -OCH3 is 1. The fourth-order valence-electron chi connectivity index (χ4n) is 1.86. The molecule has 2 N–H and O–H groups in total. The maximum atomic E-state index is 9.63. The first kappa shape index (κ1) is 11.1. The van der Waals surface area contributed by atoms with Crippen molar-refractivity contribution in [3.63, 3.8) is 0 Å². The summed E-state index contributed by atoms with van der Waals surface area (Å²) in [7, 11) is 1.54. The summed E-state index contributed by atoms with van der Waals surface area (Å²) in [6.07, 6.45) is 2.01. The van der Waals surface area contributed by atoms with E-state index >= 15 is 0 Å².